The summed E-state index contributed by atoms with van der Waals surface area (Å²) in [6.07, 6.45) is -6.45. The van der Waals surface area contributed by atoms with Gasteiger partial charge in [-0.15, -0.1) is 0 Å². The minimum absolute atomic E-state index is 0.0241. The molecule has 0 aliphatic carbocycles. The summed E-state index contributed by atoms with van der Waals surface area (Å²) < 4.78 is 58.2. The lowest BCUT2D eigenvalue weighted by Gasteiger charge is -2.26. The van der Waals surface area contributed by atoms with Gasteiger partial charge in [0, 0.05) is 22.7 Å². The van der Waals surface area contributed by atoms with E-state index >= 15 is 0 Å². The number of carbonyl (C=O) groups excluding carboxylic acids is 1. The number of benzene rings is 2. The molecule has 0 fully saturated rings. The van der Waals surface area contributed by atoms with Gasteiger partial charge in [0.2, 0.25) is 0 Å². The Balaban J connectivity index is 1.98. The van der Waals surface area contributed by atoms with E-state index in [1.807, 2.05) is 0 Å². The Morgan fingerprint density at radius 3 is 2.56 bits per heavy atom. The second-order valence-corrected chi connectivity index (χ2v) is 7.49. The van der Waals surface area contributed by atoms with E-state index in [0.29, 0.717) is 22.4 Å². The molecule has 2 aromatic carbocycles. The lowest BCUT2D eigenvalue weighted by atomic mass is 9.86. The van der Waals surface area contributed by atoms with Gasteiger partial charge in [-0.2, -0.15) is 13.2 Å². The average molecular weight is 468 g/mol. The minimum atomic E-state index is -4.91. The number of aliphatic hydroxyl groups is 1. The second-order valence-electron chi connectivity index (χ2n) is 7.08. The Morgan fingerprint density at radius 1 is 1.16 bits per heavy atom. The number of hydrogen-bond donors (Lipinski definition) is 1. The van der Waals surface area contributed by atoms with Crippen molar-refractivity contribution in [3.63, 3.8) is 0 Å². The molecule has 0 saturated carbocycles. The molecule has 3 rings (SSSR count). The van der Waals surface area contributed by atoms with Crippen LogP contribution in [0.25, 0.3) is 11.3 Å². The predicted molar refractivity (Wildman–Crippen MR) is 111 cm³/mol. The highest BCUT2D eigenvalue weighted by atomic mass is 35.5. The van der Waals surface area contributed by atoms with Crippen LogP contribution in [0.1, 0.15) is 27.4 Å². The molecule has 0 aliphatic heterocycles. The van der Waals surface area contributed by atoms with Crippen LogP contribution in [0.2, 0.25) is 5.02 Å². The maximum atomic E-state index is 13.4. The van der Waals surface area contributed by atoms with Gasteiger partial charge < -0.3 is 9.84 Å². The summed E-state index contributed by atoms with van der Waals surface area (Å²) in [7, 11) is 1.25. The number of methoxy groups -OCH3 is 1. The fraction of sp³-hybridized carbons (Fsp3) is 0.217. The number of pyridine rings is 1. The lowest BCUT2D eigenvalue weighted by Crippen LogP contribution is -2.35. The smallest absolute Gasteiger partial charge is 0.414 e. The zero-order chi connectivity index (χ0) is 23.5. The number of ether oxygens (including phenoxy) is 1. The van der Waals surface area contributed by atoms with Crippen molar-refractivity contribution in [1.29, 1.82) is 0 Å². The summed E-state index contributed by atoms with van der Waals surface area (Å²) in [5.41, 5.74) is 1.68. The predicted octanol–water partition coefficient (Wildman–Crippen LogP) is 5.58. The van der Waals surface area contributed by atoms with E-state index in [4.69, 9.17) is 16.3 Å². The SMILES string of the molecule is COC(=O)c1cccc(-c2cc(CC(c3ccc(F)cc3Cl)C(O)C(F)(F)F)ccn2)c1. The van der Waals surface area contributed by atoms with Crippen LogP contribution in [-0.2, 0) is 11.2 Å². The van der Waals surface area contributed by atoms with Gasteiger partial charge in [-0.3, -0.25) is 4.98 Å². The lowest BCUT2D eigenvalue weighted by molar-refractivity contribution is -0.210. The van der Waals surface area contributed by atoms with E-state index in [9.17, 15) is 27.5 Å². The molecule has 4 nitrogen and oxygen atoms in total. The Morgan fingerprint density at radius 2 is 1.91 bits per heavy atom. The van der Waals surface area contributed by atoms with Gasteiger partial charge in [-0.25, -0.2) is 9.18 Å². The number of hydrogen-bond acceptors (Lipinski definition) is 4. The first-order chi connectivity index (χ1) is 15.1. The molecule has 1 N–H and O–H groups in total. The number of nitrogens with zero attached hydrogens (tertiary/aromatic N) is 1. The van der Waals surface area contributed by atoms with Crippen LogP contribution in [0.4, 0.5) is 17.6 Å². The zero-order valence-corrected chi connectivity index (χ0v) is 17.5. The molecule has 2 atom stereocenters. The summed E-state index contributed by atoms with van der Waals surface area (Å²) in [4.78, 5) is 16.0. The molecule has 9 heteroatoms. The third-order valence-corrected chi connectivity index (χ3v) is 5.27. The maximum Gasteiger partial charge on any atom is 0.414 e. The molecule has 1 heterocycles. The highest BCUT2D eigenvalue weighted by Gasteiger charge is 2.44. The third-order valence-electron chi connectivity index (χ3n) is 4.94. The molecular weight excluding hydrogens is 450 g/mol. The molecule has 32 heavy (non-hydrogen) atoms. The molecule has 0 aliphatic rings. The number of halogens is 5. The number of carbonyl (C=O) groups is 1. The van der Waals surface area contributed by atoms with Gasteiger partial charge in [-0.05, 0) is 53.9 Å². The first-order valence-electron chi connectivity index (χ1n) is 9.43. The van der Waals surface area contributed by atoms with E-state index in [1.165, 1.54) is 19.4 Å². The Kier molecular flexibility index (Phi) is 7.16. The van der Waals surface area contributed by atoms with Crippen LogP contribution in [0.3, 0.4) is 0 Å². The molecule has 0 bridgehead atoms. The maximum absolute atomic E-state index is 13.4. The zero-order valence-electron chi connectivity index (χ0n) is 16.7. The highest BCUT2D eigenvalue weighted by Crippen LogP contribution is 2.37. The first kappa shape index (κ1) is 23.7. The van der Waals surface area contributed by atoms with E-state index in [2.05, 4.69) is 4.98 Å². The van der Waals surface area contributed by atoms with Crippen molar-refractivity contribution in [2.24, 2.45) is 0 Å². The van der Waals surface area contributed by atoms with E-state index in [-0.39, 0.29) is 17.0 Å². The van der Waals surface area contributed by atoms with Crippen molar-refractivity contribution in [1.82, 2.24) is 4.98 Å². The van der Waals surface area contributed by atoms with Gasteiger partial charge in [-0.1, -0.05) is 29.8 Å². The molecule has 0 saturated heterocycles. The van der Waals surface area contributed by atoms with Gasteiger partial charge in [0.25, 0.3) is 0 Å². The number of alkyl halides is 3. The molecule has 3 aromatic rings. The van der Waals surface area contributed by atoms with E-state index in [0.717, 1.165) is 18.2 Å². The standard InChI is InChI=1S/C23H18ClF4NO3/c1-32-22(31)15-4-2-3-14(11-15)20-10-13(7-8-29-20)9-18(21(30)23(26,27)28)17-6-5-16(25)12-19(17)24/h2-8,10-12,18,21,30H,9H2,1H3. The van der Waals surface area contributed by atoms with Crippen molar-refractivity contribution >= 4 is 17.6 Å². The Labute approximate surface area is 186 Å². The normalized spacial score (nSPS) is 13.5. The van der Waals surface area contributed by atoms with Crippen molar-refractivity contribution in [3.8, 4) is 11.3 Å². The summed E-state index contributed by atoms with van der Waals surface area (Å²) in [6, 6.07) is 12.5. The summed E-state index contributed by atoms with van der Waals surface area (Å²) in [5.74, 6) is -2.71. The molecule has 2 unspecified atom stereocenters. The Bertz CT molecular complexity index is 1120. The molecule has 168 valence electrons. The van der Waals surface area contributed by atoms with Gasteiger partial charge >= 0.3 is 12.1 Å². The topological polar surface area (TPSA) is 59.4 Å². The molecule has 1 aromatic heterocycles. The largest absolute Gasteiger partial charge is 0.465 e. The third kappa shape index (κ3) is 5.44. The number of rotatable bonds is 6. The van der Waals surface area contributed by atoms with Crippen molar-refractivity contribution in [2.75, 3.05) is 7.11 Å². The average Bonchev–Trinajstić information content (AvgIpc) is 2.76. The molecule has 0 amide bonds. The molecule has 0 radical (unpaired) electrons. The van der Waals surface area contributed by atoms with Crippen molar-refractivity contribution in [2.45, 2.75) is 24.6 Å². The van der Waals surface area contributed by atoms with Crippen molar-refractivity contribution in [3.05, 3.63) is 88.3 Å². The van der Waals surface area contributed by atoms with Gasteiger partial charge in [0.05, 0.1) is 18.4 Å². The highest BCUT2D eigenvalue weighted by molar-refractivity contribution is 6.31. The fourth-order valence-electron chi connectivity index (χ4n) is 3.36. The number of aromatic nitrogens is 1. The van der Waals surface area contributed by atoms with Crippen molar-refractivity contribution < 1.29 is 32.2 Å². The van der Waals surface area contributed by atoms with Crippen LogP contribution in [-0.4, -0.2) is 35.4 Å². The van der Waals surface area contributed by atoms with Crippen LogP contribution >= 0.6 is 11.6 Å². The van der Waals surface area contributed by atoms with Gasteiger partial charge in [0.1, 0.15) is 5.82 Å². The number of aliphatic hydroxyl groups excluding tert-OH is 1. The monoisotopic (exact) mass is 467 g/mol. The Hall–Kier alpha value is -2.97. The van der Waals surface area contributed by atoms with E-state index < -0.39 is 30.0 Å². The van der Waals surface area contributed by atoms with Crippen LogP contribution < -0.4 is 0 Å². The summed E-state index contributed by atoms with van der Waals surface area (Å²) in [6.45, 7) is 0. The number of esters is 1. The van der Waals surface area contributed by atoms with Crippen LogP contribution in [0, 0.1) is 5.82 Å². The molecular formula is C23H18ClF4NO3. The van der Waals surface area contributed by atoms with E-state index in [1.54, 1.807) is 30.3 Å². The fourth-order valence-corrected chi connectivity index (χ4v) is 3.67. The second kappa shape index (κ2) is 9.67. The summed E-state index contributed by atoms with van der Waals surface area (Å²) >= 11 is 6.00. The minimum Gasteiger partial charge on any atom is -0.465 e. The van der Waals surface area contributed by atoms with Gasteiger partial charge in [0.15, 0.2) is 6.10 Å². The first-order valence-corrected chi connectivity index (χ1v) is 9.81. The quantitative estimate of drug-likeness (QED) is 0.380. The molecule has 0 spiro atoms. The van der Waals surface area contributed by atoms with Crippen LogP contribution in [0.15, 0.2) is 60.8 Å². The summed E-state index contributed by atoms with van der Waals surface area (Å²) in [5, 5.41) is 9.81. The van der Waals surface area contributed by atoms with Crippen LogP contribution in [0.5, 0.6) is 0 Å².